The van der Waals surface area contributed by atoms with Gasteiger partial charge in [0.2, 0.25) is 11.8 Å². The molecule has 0 aromatic heterocycles. The van der Waals surface area contributed by atoms with Gasteiger partial charge in [-0.2, -0.15) is 0 Å². The molecular weight excluding hydrogens is 266 g/mol. The minimum atomic E-state index is -0.0374. The number of nitrogens with one attached hydrogen (secondary N) is 1. The van der Waals surface area contributed by atoms with Gasteiger partial charge in [0.05, 0.1) is 6.42 Å². The largest absolute Gasteiger partial charge is 0.352 e. The molecule has 3 N–H and O–H groups in total. The Morgan fingerprint density at radius 2 is 2.10 bits per heavy atom. The number of nitrogens with zero attached hydrogens (tertiary/aromatic N) is 1. The minimum absolute atomic E-state index is 0.0324. The lowest BCUT2D eigenvalue weighted by molar-refractivity contribution is -0.129. The Morgan fingerprint density at radius 3 is 2.71 bits per heavy atom. The third kappa shape index (κ3) is 4.29. The quantitative estimate of drug-likeness (QED) is 0.814. The summed E-state index contributed by atoms with van der Waals surface area (Å²) in [5.74, 6) is 0.152. The molecule has 2 rings (SSSR count). The van der Waals surface area contributed by atoms with Crippen molar-refractivity contribution in [1.29, 1.82) is 0 Å². The number of rotatable bonds is 6. The van der Waals surface area contributed by atoms with E-state index in [-0.39, 0.29) is 17.9 Å². The number of hydrogen-bond donors (Lipinski definition) is 2. The molecule has 1 atom stereocenters. The second-order valence-corrected chi connectivity index (χ2v) is 5.56. The third-order valence-electron chi connectivity index (χ3n) is 3.76. The van der Waals surface area contributed by atoms with Gasteiger partial charge in [0.15, 0.2) is 0 Å². The van der Waals surface area contributed by atoms with E-state index in [4.69, 9.17) is 5.73 Å². The molecule has 0 spiro atoms. The summed E-state index contributed by atoms with van der Waals surface area (Å²) in [6.07, 6.45) is 1.87. The summed E-state index contributed by atoms with van der Waals surface area (Å²) in [4.78, 5) is 25.5. The van der Waals surface area contributed by atoms with E-state index in [0.717, 1.165) is 24.1 Å². The van der Waals surface area contributed by atoms with Crippen LogP contribution in [0, 0.1) is 0 Å². The predicted octanol–water partition coefficient (Wildman–Crippen LogP) is 0.815. The van der Waals surface area contributed by atoms with Crippen LogP contribution in [0.4, 0.5) is 0 Å². The van der Waals surface area contributed by atoms with E-state index in [2.05, 4.69) is 5.32 Å². The fraction of sp³-hybridized carbons (Fsp3) is 0.500. The molecule has 1 unspecified atom stereocenters. The molecule has 0 saturated carbocycles. The van der Waals surface area contributed by atoms with Crippen LogP contribution in [0.3, 0.4) is 0 Å². The van der Waals surface area contributed by atoms with Crippen LogP contribution in [0.1, 0.15) is 30.9 Å². The van der Waals surface area contributed by atoms with Crippen molar-refractivity contribution >= 4 is 11.8 Å². The van der Waals surface area contributed by atoms with Gasteiger partial charge in [-0.05, 0) is 24.5 Å². The zero-order valence-corrected chi connectivity index (χ0v) is 12.5. The number of benzene rings is 1. The van der Waals surface area contributed by atoms with Crippen molar-refractivity contribution in [2.75, 3.05) is 13.1 Å². The Balaban J connectivity index is 1.85. The number of amides is 2. The van der Waals surface area contributed by atoms with E-state index >= 15 is 0 Å². The summed E-state index contributed by atoms with van der Waals surface area (Å²) in [5, 5.41) is 2.95. The standard InChI is InChI=1S/C16H23N3O2/c1-12(11-19-8-4-7-16(19)21)18-15(20)9-13-5-2-3-6-14(13)10-17/h2-3,5-6,12H,4,7-11,17H2,1H3,(H,18,20). The molecule has 0 radical (unpaired) electrons. The lowest BCUT2D eigenvalue weighted by atomic mass is 10.0. The SMILES string of the molecule is CC(CN1CCCC1=O)NC(=O)Cc1ccccc1CN. The van der Waals surface area contributed by atoms with Crippen LogP contribution in [-0.4, -0.2) is 35.8 Å². The molecule has 1 aromatic carbocycles. The van der Waals surface area contributed by atoms with Crippen LogP contribution in [0.2, 0.25) is 0 Å². The summed E-state index contributed by atoms with van der Waals surface area (Å²) in [5.41, 5.74) is 7.63. The van der Waals surface area contributed by atoms with Crippen molar-refractivity contribution in [2.24, 2.45) is 5.73 Å². The average Bonchev–Trinajstić information content (AvgIpc) is 2.84. The molecule has 1 aromatic rings. The molecular formula is C16H23N3O2. The lowest BCUT2D eigenvalue weighted by Crippen LogP contribution is -2.43. The van der Waals surface area contributed by atoms with Gasteiger partial charge in [0.25, 0.3) is 0 Å². The van der Waals surface area contributed by atoms with Gasteiger partial charge in [0, 0.05) is 32.1 Å². The van der Waals surface area contributed by atoms with Gasteiger partial charge in [0.1, 0.15) is 0 Å². The molecule has 0 aliphatic carbocycles. The highest BCUT2D eigenvalue weighted by Gasteiger charge is 2.22. The highest BCUT2D eigenvalue weighted by molar-refractivity contribution is 5.80. The first-order valence-electron chi connectivity index (χ1n) is 7.44. The zero-order chi connectivity index (χ0) is 15.2. The molecule has 5 heteroatoms. The Labute approximate surface area is 125 Å². The summed E-state index contributed by atoms with van der Waals surface area (Å²) in [6.45, 7) is 3.75. The Bertz CT molecular complexity index is 516. The molecule has 5 nitrogen and oxygen atoms in total. The summed E-state index contributed by atoms with van der Waals surface area (Å²) in [6, 6.07) is 7.66. The molecule has 1 heterocycles. The van der Waals surface area contributed by atoms with Crippen LogP contribution in [0.15, 0.2) is 24.3 Å². The Kier molecular flexibility index (Phi) is 5.33. The maximum atomic E-state index is 12.1. The molecule has 21 heavy (non-hydrogen) atoms. The van der Waals surface area contributed by atoms with Crippen molar-refractivity contribution in [3.8, 4) is 0 Å². The fourth-order valence-electron chi connectivity index (χ4n) is 2.70. The molecule has 2 amide bonds. The summed E-state index contributed by atoms with van der Waals surface area (Å²) in [7, 11) is 0. The number of carbonyl (C=O) groups is 2. The first kappa shape index (κ1) is 15.5. The monoisotopic (exact) mass is 289 g/mol. The second kappa shape index (κ2) is 7.22. The summed E-state index contributed by atoms with van der Waals surface area (Å²) >= 11 is 0. The van der Waals surface area contributed by atoms with E-state index in [1.165, 1.54) is 0 Å². The maximum Gasteiger partial charge on any atom is 0.224 e. The maximum absolute atomic E-state index is 12.1. The van der Waals surface area contributed by atoms with Crippen molar-refractivity contribution < 1.29 is 9.59 Å². The highest BCUT2D eigenvalue weighted by Crippen LogP contribution is 2.11. The molecule has 1 aliphatic heterocycles. The van der Waals surface area contributed by atoms with E-state index in [1.54, 1.807) is 0 Å². The normalized spacial score (nSPS) is 16.1. The third-order valence-corrected chi connectivity index (χ3v) is 3.76. The van der Waals surface area contributed by atoms with E-state index < -0.39 is 0 Å². The van der Waals surface area contributed by atoms with Crippen molar-refractivity contribution in [2.45, 2.75) is 38.8 Å². The fourth-order valence-corrected chi connectivity index (χ4v) is 2.70. The van der Waals surface area contributed by atoms with Crippen molar-refractivity contribution in [1.82, 2.24) is 10.2 Å². The van der Waals surface area contributed by atoms with Gasteiger partial charge in [-0.1, -0.05) is 24.3 Å². The van der Waals surface area contributed by atoms with E-state index in [9.17, 15) is 9.59 Å². The van der Waals surface area contributed by atoms with Crippen LogP contribution < -0.4 is 11.1 Å². The van der Waals surface area contributed by atoms with Gasteiger partial charge in [-0.15, -0.1) is 0 Å². The molecule has 1 aliphatic rings. The number of hydrogen-bond acceptors (Lipinski definition) is 3. The predicted molar refractivity (Wildman–Crippen MR) is 81.5 cm³/mol. The molecule has 114 valence electrons. The topological polar surface area (TPSA) is 75.4 Å². The van der Waals surface area contributed by atoms with Gasteiger partial charge in [-0.3, -0.25) is 9.59 Å². The smallest absolute Gasteiger partial charge is 0.224 e. The first-order chi connectivity index (χ1) is 10.1. The second-order valence-electron chi connectivity index (χ2n) is 5.56. The Hall–Kier alpha value is -1.88. The van der Waals surface area contributed by atoms with Gasteiger partial charge in [-0.25, -0.2) is 0 Å². The van der Waals surface area contributed by atoms with Crippen LogP contribution in [-0.2, 0) is 22.6 Å². The molecule has 1 fully saturated rings. The number of likely N-dealkylation sites (tertiary alicyclic amines) is 1. The zero-order valence-electron chi connectivity index (χ0n) is 12.5. The van der Waals surface area contributed by atoms with E-state index in [1.807, 2.05) is 36.1 Å². The van der Waals surface area contributed by atoms with Gasteiger partial charge >= 0.3 is 0 Å². The summed E-state index contributed by atoms with van der Waals surface area (Å²) < 4.78 is 0. The minimum Gasteiger partial charge on any atom is -0.352 e. The van der Waals surface area contributed by atoms with Crippen molar-refractivity contribution in [3.05, 3.63) is 35.4 Å². The highest BCUT2D eigenvalue weighted by atomic mass is 16.2. The van der Waals surface area contributed by atoms with Gasteiger partial charge < -0.3 is 16.0 Å². The van der Waals surface area contributed by atoms with Crippen molar-refractivity contribution in [3.63, 3.8) is 0 Å². The lowest BCUT2D eigenvalue weighted by Gasteiger charge is -2.21. The average molecular weight is 289 g/mol. The number of carbonyl (C=O) groups excluding carboxylic acids is 2. The Morgan fingerprint density at radius 1 is 1.38 bits per heavy atom. The van der Waals surface area contributed by atoms with E-state index in [0.29, 0.717) is 25.9 Å². The number of nitrogens with two attached hydrogens (primary N) is 1. The van der Waals surface area contributed by atoms with Crippen LogP contribution in [0.5, 0.6) is 0 Å². The first-order valence-corrected chi connectivity index (χ1v) is 7.44. The van der Waals surface area contributed by atoms with Crippen LogP contribution >= 0.6 is 0 Å². The van der Waals surface area contributed by atoms with Crippen LogP contribution in [0.25, 0.3) is 0 Å². The molecule has 1 saturated heterocycles. The molecule has 0 bridgehead atoms.